The number of carbonyl (C=O) groups is 2. The standard InChI is InChI=1S/C16H13N3O2/c20-15-14(10-12-6-8-17-9-7-12)18-16(21)19(15)11-13-4-2-1-3-5-13/h1-10H,11H2,(H,18,21)/b14-10-. The van der Waals surface area contributed by atoms with Crippen LogP contribution in [0.4, 0.5) is 4.79 Å². The van der Waals surface area contributed by atoms with E-state index < -0.39 is 6.03 Å². The Bertz CT molecular complexity index is 696. The van der Waals surface area contributed by atoms with Crippen LogP contribution in [0.25, 0.3) is 6.08 Å². The van der Waals surface area contributed by atoms with Gasteiger partial charge in [0.2, 0.25) is 0 Å². The second kappa shape index (κ2) is 5.58. The van der Waals surface area contributed by atoms with Crippen molar-refractivity contribution in [3.05, 3.63) is 71.7 Å². The van der Waals surface area contributed by atoms with Crippen molar-refractivity contribution in [3.8, 4) is 0 Å². The van der Waals surface area contributed by atoms with E-state index in [1.165, 1.54) is 4.90 Å². The van der Waals surface area contributed by atoms with Gasteiger partial charge in [-0.25, -0.2) is 4.79 Å². The molecule has 2 aromatic rings. The number of amides is 3. The number of nitrogens with one attached hydrogen (secondary N) is 1. The summed E-state index contributed by atoms with van der Waals surface area (Å²) in [6, 6.07) is 12.5. The Morgan fingerprint density at radius 1 is 1.05 bits per heavy atom. The topological polar surface area (TPSA) is 62.3 Å². The summed E-state index contributed by atoms with van der Waals surface area (Å²) in [5.74, 6) is -0.319. The maximum Gasteiger partial charge on any atom is 0.329 e. The maximum absolute atomic E-state index is 12.3. The molecule has 3 amide bonds. The molecule has 0 spiro atoms. The summed E-state index contributed by atoms with van der Waals surface area (Å²) in [6.07, 6.45) is 4.91. The highest BCUT2D eigenvalue weighted by atomic mass is 16.2. The zero-order valence-electron chi connectivity index (χ0n) is 11.2. The monoisotopic (exact) mass is 279 g/mol. The van der Waals surface area contributed by atoms with Gasteiger partial charge >= 0.3 is 6.03 Å². The van der Waals surface area contributed by atoms with Gasteiger partial charge in [0.05, 0.1) is 6.54 Å². The zero-order chi connectivity index (χ0) is 14.7. The molecule has 1 aromatic heterocycles. The number of nitrogens with zero attached hydrogens (tertiary/aromatic N) is 2. The molecule has 1 aliphatic rings. The van der Waals surface area contributed by atoms with Gasteiger partial charge in [-0.1, -0.05) is 30.3 Å². The number of urea groups is 1. The third-order valence-corrected chi connectivity index (χ3v) is 3.16. The number of carbonyl (C=O) groups excluding carboxylic acids is 2. The van der Waals surface area contributed by atoms with Gasteiger partial charge < -0.3 is 5.32 Å². The number of hydrogen-bond acceptors (Lipinski definition) is 3. The highest BCUT2D eigenvalue weighted by Crippen LogP contribution is 2.16. The lowest BCUT2D eigenvalue weighted by Crippen LogP contribution is -2.30. The summed E-state index contributed by atoms with van der Waals surface area (Å²) in [5.41, 5.74) is 2.00. The molecule has 5 nitrogen and oxygen atoms in total. The maximum atomic E-state index is 12.3. The largest absolute Gasteiger partial charge is 0.329 e. The van der Waals surface area contributed by atoms with E-state index >= 15 is 0 Å². The summed E-state index contributed by atoms with van der Waals surface area (Å²) in [4.78, 5) is 29.3. The van der Waals surface area contributed by atoms with Gasteiger partial charge in [0.1, 0.15) is 5.70 Å². The van der Waals surface area contributed by atoms with E-state index in [0.717, 1.165) is 11.1 Å². The SMILES string of the molecule is O=C1N/C(=C\c2ccncc2)C(=O)N1Cc1ccccc1. The van der Waals surface area contributed by atoms with Crippen LogP contribution in [-0.2, 0) is 11.3 Å². The Morgan fingerprint density at radius 2 is 1.76 bits per heavy atom. The number of imide groups is 1. The van der Waals surface area contributed by atoms with E-state index in [0.29, 0.717) is 0 Å². The minimum Gasteiger partial charge on any atom is -0.303 e. The van der Waals surface area contributed by atoms with Gasteiger partial charge in [-0.15, -0.1) is 0 Å². The van der Waals surface area contributed by atoms with E-state index in [1.807, 2.05) is 30.3 Å². The Hall–Kier alpha value is -2.95. The minimum atomic E-state index is -0.399. The fourth-order valence-electron chi connectivity index (χ4n) is 2.11. The highest BCUT2D eigenvalue weighted by Gasteiger charge is 2.33. The van der Waals surface area contributed by atoms with Crippen LogP contribution in [0, 0.1) is 0 Å². The summed E-state index contributed by atoms with van der Waals surface area (Å²) in [7, 11) is 0. The number of benzene rings is 1. The van der Waals surface area contributed by atoms with Gasteiger partial charge in [-0.2, -0.15) is 0 Å². The van der Waals surface area contributed by atoms with Crippen molar-refractivity contribution in [3.63, 3.8) is 0 Å². The average molecular weight is 279 g/mol. The summed E-state index contributed by atoms with van der Waals surface area (Å²) in [6.45, 7) is 0.263. The molecule has 0 radical (unpaired) electrons. The van der Waals surface area contributed by atoms with Crippen LogP contribution in [0.5, 0.6) is 0 Å². The van der Waals surface area contributed by atoms with Crippen molar-refractivity contribution in [1.29, 1.82) is 0 Å². The van der Waals surface area contributed by atoms with Crippen molar-refractivity contribution >= 4 is 18.0 Å². The fraction of sp³-hybridized carbons (Fsp3) is 0.0625. The molecule has 0 bridgehead atoms. The van der Waals surface area contributed by atoms with E-state index in [9.17, 15) is 9.59 Å². The molecule has 0 saturated carbocycles. The van der Waals surface area contributed by atoms with Crippen molar-refractivity contribution in [2.45, 2.75) is 6.54 Å². The number of aromatic nitrogens is 1. The molecular formula is C16H13N3O2. The molecule has 0 atom stereocenters. The molecule has 1 aliphatic heterocycles. The van der Waals surface area contributed by atoms with E-state index in [2.05, 4.69) is 10.3 Å². The third-order valence-electron chi connectivity index (χ3n) is 3.16. The molecule has 0 unspecified atom stereocenters. The van der Waals surface area contributed by atoms with Crippen LogP contribution in [0.3, 0.4) is 0 Å². The Kier molecular flexibility index (Phi) is 3.47. The minimum absolute atomic E-state index is 0.263. The first-order valence-electron chi connectivity index (χ1n) is 6.52. The van der Waals surface area contributed by atoms with E-state index in [-0.39, 0.29) is 18.1 Å². The average Bonchev–Trinajstić information content (AvgIpc) is 2.77. The lowest BCUT2D eigenvalue weighted by atomic mass is 10.2. The molecule has 3 rings (SSSR count). The first-order valence-corrected chi connectivity index (χ1v) is 6.52. The molecule has 5 heteroatoms. The van der Waals surface area contributed by atoms with Gasteiger partial charge in [0, 0.05) is 12.4 Å². The van der Waals surface area contributed by atoms with Crippen molar-refractivity contribution < 1.29 is 9.59 Å². The summed E-state index contributed by atoms with van der Waals surface area (Å²) < 4.78 is 0. The van der Waals surface area contributed by atoms with Crippen LogP contribution < -0.4 is 5.32 Å². The summed E-state index contributed by atoms with van der Waals surface area (Å²) in [5, 5.41) is 2.60. The van der Waals surface area contributed by atoms with Crippen LogP contribution in [0.15, 0.2) is 60.6 Å². The van der Waals surface area contributed by atoms with E-state index in [4.69, 9.17) is 0 Å². The van der Waals surface area contributed by atoms with Gasteiger partial charge in [-0.05, 0) is 29.3 Å². The van der Waals surface area contributed by atoms with Crippen molar-refractivity contribution in [2.24, 2.45) is 0 Å². The third kappa shape index (κ3) is 2.81. The lowest BCUT2D eigenvalue weighted by Gasteiger charge is -2.11. The Morgan fingerprint density at radius 3 is 2.48 bits per heavy atom. The fourth-order valence-corrected chi connectivity index (χ4v) is 2.11. The smallest absolute Gasteiger partial charge is 0.303 e. The zero-order valence-corrected chi connectivity index (χ0v) is 11.2. The van der Waals surface area contributed by atoms with Crippen LogP contribution in [0.2, 0.25) is 0 Å². The number of hydrogen-bond donors (Lipinski definition) is 1. The second-order valence-corrected chi connectivity index (χ2v) is 4.65. The predicted molar refractivity (Wildman–Crippen MR) is 77.7 cm³/mol. The molecular weight excluding hydrogens is 266 g/mol. The molecule has 1 aromatic carbocycles. The first-order chi connectivity index (χ1) is 10.2. The van der Waals surface area contributed by atoms with Gasteiger partial charge in [0.15, 0.2) is 0 Å². The number of rotatable bonds is 3. The quantitative estimate of drug-likeness (QED) is 0.692. The Balaban J connectivity index is 1.81. The molecule has 21 heavy (non-hydrogen) atoms. The second-order valence-electron chi connectivity index (χ2n) is 4.65. The lowest BCUT2D eigenvalue weighted by molar-refractivity contribution is -0.123. The van der Waals surface area contributed by atoms with Crippen molar-refractivity contribution in [1.82, 2.24) is 15.2 Å². The predicted octanol–water partition coefficient (Wildman–Crippen LogP) is 2.17. The van der Waals surface area contributed by atoms with Crippen LogP contribution >= 0.6 is 0 Å². The molecule has 1 N–H and O–H groups in total. The van der Waals surface area contributed by atoms with Crippen molar-refractivity contribution in [2.75, 3.05) is 0 Å². The highest BCUT2D eigenvalue weighted by molar-refractivity contribution is 6.13. The Labute approximate surface area is 121 Å². The molecule has 0 aliphatic carbocycles. The molecule has 2 heterocycles. The van der Waals surface area contributed by atoms with Crippen LogP contribution in [0.1, 0.15) is 11.1 Å². The first kappa shape index (κ1) is 13.1. The molecule has 1 saturated heterocycles. The van der Waals surface area contributed by atoms with E-state index in [1.54, 1.807) is 30.6 Å². The normalized spacial score (nSPS) is 16.4. The molecule has 104 valence electrons. The molecule has 1 fully saturated rings. The number of pyridine rings is 1. The van der Waals surface area contributed by atoms with Gasteiger partial charge in [0.25, 0.3) is 5.91 Å². The van der Waals surface area contributed by atoms with Gasteiger partial charge in [-0.3, -0.25) is 14.7 Å². The summed E-state index contributed by atoms with van der Waals surface area (Å²) >= 11 is 0. The van der Waals surface area contributed by atoms with Crippen LogP contribution in [-0.4, -0.2) is 21.8 Å².